The second-order valence-electron chi connectivity index (χ2n) is 5.97. The van der Waals surface area contributed by atoms with Crippen molar-refractivity contribution in [3.05, 3.63) is 42.2 Å². The Kier molecular flexibility index (Phi) is 3.72. The molecule has 0 spiro atoms. The maximum Gasteiger partial charge on any atom is 0.161 e. The van der Waals surface area contributed by atoms with Crippen LogP contribution in [0, 0.1) is 0 Å². The number of nitrogens with zero attached hydrogens (tertiary/aromatic N) is 3. The lowest BCUT2D eigenvalue weighted by Gasteiger charge is -2.25. The second kappa shape index (κ2) is 6.01. The summed E-state index contributed by atoms with van der Waals surface area (Å²) >= 11 is 0. The summed E-state index contributed by atoms with van der Waals surface area (Å²) < 4.78 is 13.3. The number of aromatic nitrogens is 2. The van der Waals surface area contributed by atoms with Gasteiger partial charge >= 0.3 is 0 Å². The molecule has 2 aromatic rings. The number of ether oxygens (including phenoxy) is 2. The quantitative estimate of drug-likeness (QED) is 0.868. The molecule has 0 bridgehead atoms. The molecule has 22 heavy (non-hydrogen) atoms. The predicted octanol–water partition coefficient (Wildman–Crippen LogP) is 2.32. The Hall–Kier alpha value is -2.01. The largest absolute Gasteiger partial charge is 0.486 e. The van der Waals surface area contributed by atoms with E-state index in [1.165, 1.54) is 18.4 Å². The SMILES string of the molecule is c1cnn(C[C@@H]2CCCN2Cc2ccc3c(c2)OCCO3)c1. The fourth-order valence-corrected chi connectivity index (χ4v) is 3.36. The molecular weight excluding hydrogens is 278 g/mol. The minimum atomic E-state index is 0.563. The molecule has 4 rings (SSSR count). The van der Waals surface area contributed by atoms with Crippen LogP contribution >= 0.6 is 0 Å². The number of hydrogen-bond donors (Lipinski definition) is 0. The summed E-state index contributed by atoms with van der Waals surface area (Å²) in [4.78, 5) is 2.55. The Morgan fingerprint density at radius 1 is 1.18 bits per heavy atom. The molecule has 5 heteroatoms. The Bertz CT molecular complexity index is 627. The lowest BCUT2D eigenvalue weighted by molar-refractivity contribution is 0.170. The van der Waals surface area contributed by atoms with Gasteiger partial charge in [0.1, 0.15) is 13.2 Å². The zero-order valence-corrected chi connectivity index (χ0v) is 12.6. The van der Waals surface area contributed by atoms with E-state index in [9.17, 15) is 0 Å². The first-order valence-electron chi connectivity index (χ1n) is 7.98. The van der Waals surface area contributed by atoms with E-state index < -0.39 is 0 Å². The van der Waals surface area contributed by atoms with E-state index in [4.69, 9.17) is 9.47 Å². The molecule has 0 radical (unpaired) electrons. The number of benzene rings is 1. The van der Waals surface area contributed by atoms with Gasteiger partial charge in [0.05, 0.1) is 6.54 Å². The molecule has 2 aliphatic heterocycles. The van der Waals surface area contributed by atoms with Gasteiger partial charge in [0.2, 0.25) is 0 Å². The molecule has 0 aliphatic carbocycles. The number of likely N-dealkylation sites (tertiary alicyclic amines) is 1. The monoisotopic (exact) mass is 299 g/mol. The van der Waals surface area contributed by atoms with Crippen LogP contribution in [0.2, 0.25) is 0 Å². The van der Waals surface area contributed by atoms with Crippen molar-refractivity contribution in [3.8, 4) is 11.5 Å². The Morgan fingerprint density at radius 2 is 2.09 bits per heavy atom. The maximum absolute atomic E-state index is 5.68. The van der Waals surface area contributed by atoms with Crippen LogP contribution in [0.5, 0.6) is 11.5 Å². The fraction of sp³-hybridized carbons (Fsp3) is 0.471. The molecule has 1 atom stereocenters. The van der Waals surface area contributed by atoms with E-state index in [-0.39, 0.29) is 0 Å². The summed E-state index contributed by atoms with van der Waals surface area (Å²) in [7, 11) is 0. The van der Waals surface area contributed by atoms with Gasteiger partial charge in [0.15, 0.2) is 11.5 Å². The van der Waals surface area contributed by atoms with Gasteiger partial charge < -0.3 is 9.47 Å². The highest BCUT2D eigenvalue weighted by Gasteiger charge is 2.25. The van der Waals surface area contributed by atoms with Crippen molar-refractivity contribution in [2.24, 2.45) is 0 Å². The minimum Gasteiger partial charge on any atom is -0.486 e. The highest BCUT2D eigenvalue weighted by Crippen LogP contribution is 2.32. The standard InChI is InChI=1S/C17H21N3O2/c1-3-15(13-20-8-2-6-18-20)19(7-1)12-14-4-5-16-17(11-14)22-10-9-21-16/h2,4-6,8,11,15H,1,3,7,9-10,12-13H2/t15-/m0/s1. The summed E-state index contributed by atoms with van der Waals surface area (Å²) in [5, 5.41) is 4.33. The zero-order valence-electron chi connectivity index (χ0n) is 12.6. The van der Waals surface area contributed by atoms with E-state index in [1.54, 1.807) is 0 Å². The van der Waals surface area contributed by atoms with Crippen molar-refractivity contribution in [1.29, 1.82) is 0 Å². The molecule has 0 amide bonds. The third kappa shape index (κ3) is 2.81. The van der Waals surface area contributed by atoms with Gasteiger partial charge in [0, 0.05) is 25.0 Å². The Morgan fingerprint density at radius 3 is 2.95 bits per heavy atom. The summed E-state index contributed by atoms with van der Waals surface area (Å²) in [5.41, 5.74) is 1.29. The van der Waals surface area contributed by atoms with E-state index in [2.05, 4.69) is 22.1 Å². The van der Waals surface area contributed by atoms with Crippen molar-refractivity contribution >= 4 is 0 Å². The molecule has 5 nitrogen and oxygen atoms in total. The zero-order chi connectivity index (χ0) is 14.8. The van der Waals surface area contributed by atoms with E-state index in [0.717, 1.165) is 31.1 Å². The molecular formula is C17H21N3O2. The van der Waals surface area contributed by atoms with Crippen molar-refractivity contribution in [3.63, 3.8) is 0 Å². The highest BCUT2D eigenvalue weighted by molar-refractivity contribution is 5.43. The van der Waals surface area contributed by atoms with Crippen LogP contribution in [0.4, 0.5) is 0 Å². The first-order valence-corrected chi connectivity index (χ1v) is 7.98. The normalized spacial score (nSPS) is 21.2. The summed E-state index contributed by atoms with van der Waals surface area (Å²) in [6.45, 7) is 4.37. The summed E-state index contributed by atoms with van der Waals surface area (Å²) in [6.07, 6.45) is 6.39. The van der Waals surface area contributed by atoms with Crippen LogP contribution in [-0.4, -0.2) is 40.5 Å². The first-order chi connectivity index (χ1) is 10.9. The third-order valence-corrected chi connectivity index (χ3v) is 4.45. The van der Waals surface area contributed by atoms with Gasteiger partial charge in [-0.1, -0.05) is 6.07 Å². The van der Waals surface area contributed by atoms with Crippen LogP contribution in [-0.2, 0) is 13.1 Å². The fourth-order valence-electron chi connectivity index (χ4n) is 3.36. The molecule has 3 heterocycles. The van der Waals surface area contributed by atoms with Crippen LogP contribution in [0.25, 0.3) is 0 Å². The summed E-state index contributed by atoms with van der Waals surface area (Å²) in [6, 6.07) is 8.85. The molecule has 0 saturated carbocycles. The molecule has 0 unspecified atom stereocenters. The summed E-state index contributed by atoms with van der Waals surface area (Å²) in [5.74, 6) is 1.75. The average molecular weight is 299 g/mol. The maximum atomic E-state index is 5.68. The smallest absolute Gasteiger partial charge is 0.161 e. The third-order valence-electron chi connectivity index (χ3n) is 4.45. The van der Waals surface area contributed by atoms with Crippen molar-refractivity contribution in [2.75, 3.05) is 19.8 Å². The Balaban J connectivity index is 1.45. The Labute approximate surface area is 130 Å². The minimum absolute atomic E-state index is 0.563. The van der Waals surface area contributed by atoms with Crippen LogP contribution < -0.4 is 9.47 Å². The van der Waals surface area contributed by atoms with Gasteiger partial charge in [-0.25, -0.2) is 0 Å². The van der Waals surface area contributed by atoms with Crippen molar-refractivity contribution < 1.29 is 9.47 Å². The molecule has 2 aliphatic rings. The number of fused-ring (bicyclic) bond motifs is 1. The predicted molar refractivity (Wildman–Crippen MR) is 83.1 cm³/mol. The van der Waals surface area contributed by atoms with E-state index in [1.807, 2.05) is 29.2 Å². The first kappa shape index (κ1) is 13.6. The highest BCUT2D eigenvalue weighted by atomic mass is 16.6. The molecule has 1 aromatic carbocycles. The van der Waals surface area contributed by atoms with Crippen LogP contribution in [0.1, 0.15) is 18.4 Å². The average Bonchev–Trinajstić information content (AvgIpc) is 3.20. The van der Waals surface area contributed by atoms with E-state index >= 15 is 0 Å². The number of hydrogen-bond acceptors (Lipinski definition) is 4. The van der Waals surface area contributed by atoms with Crippen molar-refractivity contribution in [2.45, 2.75) is 32.0 Å². The molecule has 1 fully saturated rings. The van der Waals surface area contributed by atoms with Gasteiger partial charge in [-0.05, 0) is 43.1 Å². The molecule has 0 N–H and O–H groups in total. The van der Waals surface area contributed by atoms with Crippen LogP contribution in [0.3, 0.4) is 0 Å². The van der Waals surface area contributed by atoms with Gasteiger partial charge in [0.25, 0.3) is 0 Å². The molecule has 116 valence electrons. The molecule has 1 aromatic heterocycles. The van der Waals surface area contributed by atoms with Gasteiger partial charge in [-0.15, -0.1) is 0 Å². The second-order valence-corrected chi connectivity index (χ2v) is 5.97. The van der Waals surface area contributed by atoms with Gasteiger partial charge in [-0.2, -0.15) is 5.10 Å². The van der Waals surface area contributed by atoms with Crippen molar-refractivity contribution in [1.82, 2.24) is 14.7 Å². The number of rotatable bonds is 4. The van der Waals surface area contributed by atoms with Crippen LogP contribution in [0.15, 0.2) is 36.7 Å². The topological polar surface area (TPSA) is 39.5 Å². The van der Waals surface area contributed by atoms with E-state index in [0.29, 0.717) is 19.3 Å². The van der Waals surface area contributed by atoms with Gasteiger partial charge in [-0.3, -0.25) is 9.58 Å². The lowest BCUT2D eigenvalue weighted by atomic mass is 10.1. The lowest BCUT2D eigenvalue weighted by Crippen LogP contribution is -2.32. The molecule has 1 saturated heterocycles.